The van der Waals surface area contributed by atoms with Gasteiger partial charge in [0.05, 0.1) is 20.3 Å². The number of carbonyl (C=O) groups excluding carboxylic acids is 3. The van der Waals surface area contributed by atoms with Crippen LogP contribution in [0, 0.1) is 0 Å². The second-order valence-corrected chi connectivity index (χ2v) is 9.22. The van der Waals surface area contributed by atoms with Gasteiger partial charge in [0.1, 0.15) is 17.1 Å². The Morgan fingerprint density at radius 2 is 1.57 bits per heavy atom. The third-order valence-corrected chi connectivity index (χ3v) is 6.52. The second-order valence-electron chi connectivity index (χ2n) is 9.22. The number of fused-ring (bicyclic) bond motifs is 1. The lowest BCUT2D eigenvalue weighted by Gasteiger charge is -2.20. The maximum atomic E-state index is 12.9. The minimum absolute atomic E-state index is 0.132. The number of amides is 2. The molecule has 0 bridgehead atoms. The van der Waals surface area contributed by atoms with Crippen molar-refractivity contribution in [2.75, 3.05) is 27.4 Å². The smallest absolute Gasteiger partial charge is 0.341 e. The molecule has 0 aliphatic rings. The predicted molar refractivity (Wildman–Crippen MR) is 152 cm³/mol. The SMILES string of the molecule is COC(=O)c1ccccc1OCC(=O)N[C@@H](CNC(=O)CCc1ccccc1OC)Cc1c[nH]c2ccccc12. The van der Waals surface area contributed by atoms with Gasteiger partial charge in [-0.15, -0.1) is 0 Å². The molecule has 0 saturated carbocycles. The van der Waals surface area contributed by atoms with Crippen LogP contribution in [0.4, 0.5) is 0 Å². The summed E-state index contributed by atoms with van der Waals surface area (Å²) in [5.41, 5.74) is 3.19. The van der Waals surface area contributed by atoms with Gasteiger partial charge >= 0.3 is 5.97 Å². The van der Waals surface area contributed by atoms with Gasteiger partial charge in [0, 0.05) is 30.1 Å². The number of aromatic nitrogens is 1. The van der Waals surface area contributed by atoms with Crippen molar-refractivity contribution in [3.63, 3.8) is 0 Å². The van der Waals surface area contributed by atoms with Crippen molar-refractivity contribution < 1.29 is 28.6 Å². The Balaban J connectivity index is 1.39. The molecule has 1 heterocycles. The van der Waals surface area contributed by atoms with Gasteiger partial charge in [-0.2, -0.15) is 0 Å². The summed E-state index contributed by atoms with van der Waals surface area (Å²) in [6.45, 7) is -0.0745. The Hall–Kier alpha value is -4.79. The highest BCUT2D eigenvalue weighted by molar-refractivity contribution is 5.92. The number of hydrogen-bond donors (Lipinski definition) is 3. The van der Waals surface area contributed by atoms with Gasteiger partial charge in [0.25, 0.3) is 5.91 Å². The Bertz CT molecular complexity index is 1460. The Morgan fingerprint density at radius 3 is 2.38 bits per heavy atom. The van der Waals surface area contributed by atoms with E-state index in [-0.39, 0.29) is 42.7 Å². The average Bonchev–Trinajstić information content (AvgIpc) is 3.40. The van der Waals surface area contributed by atoms with Crippen molar-refractivity contribution in [1.82, 2.24) is 15.6 Å². The molecule has 3 aromatic carbocycles. The first-order valence-electron chi connectivity index (χ1n) is 13.0. The molecule has 0 radical (unpaired) electrons. The predicted octanol–water partition coefficient (Wildman–Crippen LogP) is 3.82. The van der Waals surface area contributed by atoms with Crippen LogP contribution < -0.4 is 20.1 Å². The van der Waals surface area contributed by atoms with Crippen LogP contribution in [0.5, 0.6) is 11.5 Å². The number of rotatable bonds is 13. The summed E-state index contributed by atoms with van der Waals surface area (Å²) in [6, 6.07) is 21.7. The zero-order valence-electron chi connectivity index (χ0n) is 22.6. The summed E-state index contributed by atoms with van der Waals surface area (Å²) in [5.74, 6) is -0.0694. The van der Waals surface area contributed by atoms with Crippen molar-refractivity contribution in [2.24, 2.45) is 0 Å². The number of carbonyl (C=O) groups is 3. The number of H-pyrrole nitrogens is 1. The molecule has 2 amide bonds. The van der Waals surface area contributed by atoms with Crippen LogP contribution in [0.2, 0.25) is 0 Å². The summed E-state index contributed by atoms with van der Waals surface area (Å²) in [4.78, 5) is 40.9. The fourth-order valence-corrected chi connectivity index (χ4v) is 4.51. The number of benzene rings is 3. The molecule has 0 spiro atoms. The van der Waals surface area contributed by atoms with Crippen LogP contribution in [0.15, 0.2) is 79.0 Å². The molecule has 0 unspecified atom stereocenters. The van der Waals surface area contributed by atoms with E-state index in [4.69, 9.17) is 14.2 Å². The first-order valence-corrected chi connectivity index (χ1v) is 13.0. The number of para-hydroxylation sites is 3. The van der Waals surface area contributed by atoms with Crippen LogP contribution in [-0.2, 0) is 27.2 Å². The first-order chi connectivity index (χ1) is 19.5. The lowest BCUT2D eigenvalue weighted by atomic mass is 10.0. The minimum atomic E-state index is -0.552. The first kappa shape index (κ1) is 28.2. The van der Waals surface area contributed by atoms with Gasteiger partial charge in [-0.05, 0) is 48.2 Å². The fourth-order valence-electron chi connectivity index (χ4n) is 4.51. The van der Waals surface area contributed by atoms with Crippen LogP contribution in [0.3, 0.4) is 0 Å². The summed E-state index contributed by atoms with van der Waals surface area (Å²) in [6.07, 6.45) is 3.21. The number of methoxy groups -OCH3 is 2. The lowest BCUT2D eigenvalue weighted by molar-refractivity contribution is -0.125. The average molecular weight is 544 g/mol. The van der Waals surface area contributed by atoms with E-state index in [9.17, 15) is 14.4 Å². The molecule has 0 aliphatic heterocycles. The summed E-state index contributed by atoms with van der Waals surface area (Å²) in [5, 5.41) is 6.98. The van der Waals surface area contributed by atoms with E-state index in [2.05, 4.69) is 15.6 Å². The molecular formula is C31H33N3O6. The van der Waals surface area contributed by atoms with Crippen molar-refractivity contribution in [3.05, 3.63) is 95.7 Å². The Labute approximate surface area is 232 Å². The molecule has 4 rings (SSSR count). The highest BCUT2D eigenvalue weighted by Gasteiger charge is 2.19. The second kappa shape index (κ2) is 13.8. The van der Waals surface area contributed by atoms with Gasteiger partial charge in [0.2, 0.25) is 5.91 Å². The van der Waals surface area contributed by atoms with Crippen LogP contribution in [0.1, 0.15) is 27.9 Å². The molecule has 9 heteroatoms. The lowest BCUT2D eigenvalue weighted by Crippen LogP contribution is -2.46. The van der Waals surface area contributed by atoms with E-state index in [1.165, 1.54) is 7.11 Å². The topological polar surface area (TPSA) is 119 Å². The summed E-state index contributed by atoms with van der Waals surface area (Å²) in [7, 11) is 2.89. The molecule has 0 saturated heterocycles. The van der Waals surface area contributed by atoms with Gasteiger partial charge in [-0.1, -0.05) is 48.5 Å². The highest BCUT2D eigenvalue weighted by atomic mass is 16.5. The van der Waals surface area contributed by atoms with Gasteiger partial charge in [-0.25, -0.2) is 4.79 Å². The molecule has 3 N–H and O–H groups in total. The molecule has 9 nitrogen and oxygen atoms in total. The number of hydrogen-bond acceptors (Lipinski definition) is 6. The van der Waals surface area contributed by atoms with Crippen LogP contribution in [0.25, 0.3) is 10.9 Å². The van der Waals surface area contributed by atoms with Gasteiger partial charge in [-0.3, -0.25) is 9.59 Å². The summed E-state index contributed by atoms with van der Waals surface area (Å²) >= 11 is 0. The normalized spacial score (nSPS) is 11.4. The third-order valence-electron chi connectivity index (χ3n) is 6.52. The van der Waals surface area contributed by atoms with Gasteiger partial charge < -0.3 is 29.8 Å². The number of aromatic amines is 1. The molecule has 4 aromatic rings. The quantitative estimate of drug-likeness (QED) is 0.221. The van der Waals surface area contributed by atoms with E-state index < -0.39 is 12.0 Å². The summed E-state index contributed by atoms with van der Waals surface area (Å²) < 4.78 is 15.8. The van der Waals surface area contributed by atoms with Crippen molar-refractivity contribution in [3.8, 4) is 11.5 Å². The van der Waals surface area contributed by atoms with E-state index in [0.717, 1.165) is 27.8 Å². The van der Waals surface area contributed by atoms with Crippen molar-refractivity contribution in [1.29, 1.82) is 0 Å². The van der Waals surface area contributed by atoms with Crippen molar-refractivity contribution >= 4 is 28.7 Å². The third kappa shape index (κ3) is 7.41. The van der Waals surface area contributed by atoms with E-state index in [0.29, 0.717) is 12.8 Å². The molecule has 208 valence electrons. The van der Waals surface area contributed by atoms with Crippen molar-refractivity contribution in [2.45, 2.75) is 25.3 Å². The fraction of sp³-hybridized carbons (Fsp3) is 0.258. The maximum Gasteiger partial charge on any atom is 0.341 e. The van der Waals surface area contributed by atoms with Crippen LogP contribution in [-0.4, -0.2) is 56.2 Å². The number of ether oxygens (including phenoxy) is 3. The maximum absolute atomic E-state index is 12.9. The van der Waals surface area contributed by atoms with E-state index in [1.54, 1.807) is 31.4 Å². The van der Waals surface area contributed by atoms with Gasteiger partial charge in [0.15, 0.2) is 6.61 Å². The number of aryl methyl sites for hydroxylation is 1. The Kier molecular flexibility index (Phi) is 9.77. The monoisotopic (exact) mass is 543 g/mol. The zero-order valence-corrected chi connectivity index (χ0v) is 22.6. The molecular weight excluding hydrogens is 510 g/mol. The van der Waals surface area contributed by atoms with Crippen LogP contribution >= 0.6 is 0 Å². The van der Waals surface area contributed by atoms with E-state index >= 15 is 0 Å². The molecule has 1 aromatic heterocycles. The standard InChI is InChI=1S/C31H33N3O6/c1-38-27-13-7-3-9-21(27)15-16-29(35)33-19-23(17-22-18-32-26-12-6-4-10-24(22)26)34-30(36)20-40-28-14-8-5-11-25(28)31(37)39-2/h3-14,18,23,32H,15-17,19-20H2,1-2H3,(H,33,35)(H,34,36)/t23-/m1/s1. The number of nitrogens with one attached hydrogen (secondary N) is 3. The molecule has 0 fully saturated rings. The number of esters is 1. The molecule has 1 atom stereocenters. The minimum Gasteiger partial charge on any atom is -0.496 e. The molecule has 0 aliphatic carbocycles. The largest absolute Gasteiger partial charge is 0.496 e. The van der Waals surface area contributed by atoms with E-state index in [1.807, 2.05) is 54.7 Å². The zero-order chi connectivity index (χ0) is 28.3. The Morgan fingerprint density at radius 1 is 0.850 bits per heavy atom. The highest BCUT2D eigenvalue weighted by Crippen LogP contribution is 2.21. The molecule has 40 heavy (non-hydrogen) atoms.